The molecule has 4 heteroatoms. The van der Waals surface area contributed by atoms with Crippen molar-refractivity contribution in [3.05, 3.63) is 42.1 Å². The zero-order valence-electron chi connectivity index (χ0n) is 10.5. The molecule has 1 atom stereocenters. The van der Waals surface area contributed by atoms with Crippen LogP contribution in [-0.4, -0.2) is 20.9 Å². The van der Waals surface area contributed by atoms with Crippen molar-refractivity contribution in [1.82, 2.24) is 9.78 Å². The number of aromatic carboxylic acids is 1. The zero-order valence-corrected chi connectivity index (χ0v) is 10.5. The van der Waals surface area contributed by atoms with E-state index in [9.17, 15) is 9.90 Å². The summed E-state index contributed by atoms with van der Waals surface area (Å²) in [6.45, 7) is 4.09. The maximum absolute atomic E-state index is 11.3. The van der Waals surface area contributed by atoms with Crippen LogP contribution in [0.15, 0.2) is 36.5 Å². The molecule has 1 unspecified atom stereocenters. The summed E-state index contributed by atoms with van der Waals surface area (Å²) in [5.74, 6) is -0.941. The van der Waals surface area contributed by atoms with Crippen molar-refractivity contribution in [3.63, 3.8) is 0 Å². The van der Waals surface area contributed by atoms with E-state index in [1.54, 1.807) is 4.68 Å². The van der Waals surface area contributed by atoms with E-state index in [-0.39, 0.29) is 11.6 Å². The Morgan fingerprint density at radius 3 is 2.61 bits per heavy atom. The summed E-state index contributed by atoms with van der Waals surface area (Å²) in [5, 5.41) is 13.5. The average molecular weight is 244 g/mol. The number of carbonyl (C=O) groups is 1. The van der Waals surface area contributed by atoms with Crippen LogP contribution in [0.5, 0.6) is 0 Å². The fourth-order valence-electron chi connectivity index (χ4n) is 1.91. The van der Waals surface area contributed by atoms with E-state index in [1.807, 2.05) is 37.3 Å². The maximum atomic E-state index is 11.3. The Labute approximate surface area is 106 Å². The van der Waals surface area contributed by atoms with Gasteiger partial charge >= 0.3 is 5.97 Å². The summed E-state index contributed by atoms with van der Waals surface area (Å²) in [7, 11) is 0. The highest BCUT2D eigenvalue weighted by atomic mass is 16.4. The molecule has 1 aromatic heterocycles. The van der Waals surface area contributed by atoms with Crippen LogP contribution < -0.4 is 0 Å². The number of rotatable bonds is 4. The molecular weight excluding hydrogens is 228 g/mol. The lowest BCUT2D eigenvalue weighted by molar-refractivity contribution is 0.0697. The van der Waals surface area contributed by atoms with E-state index in [0.29, 0.717) is 5.69 Å². The summed E-state index contributed by atoms with van der Waals surface area (Å²) >= 11 is 0. The molecular formula is C14H16N2O2. The monoisotopic (exact) mass is 244 g/mol. The predicted molar refractivity (Wildman–Crippen MR) is 69.6 cm³/mol. The molecule has 0 radical (unpaired) electrons. The highest BCUT2D eigenvalue weighted by Crippen LogP contribution is 2.27. The fraction of sp³-hybridized carbons (Fsp3) is 0.286. The number of aromatic nitrogens is 2. The molecule has 1 N–H and O–H groups in total. The number of nitrogens with zero attached hydrogens (tertiary/aromatic N) is 2. The molecule has 0 aliphatic carbocycles. The van der Waals surface area contributed by atoms with Crippen molar-refractivity contribution in [3.8, 4) is 11.3 Å². The lowest BCUT2D eigenvalue weighted by Crippen LogP contribution is -2.09. The lowest BCUT2D eigenvalue weighted by Gasteiger charge is -2.14. The van der Waals surface area contributed by atoms with E-state index in [4.69, 9.17) is 0 Å². The SMILES string of the molecule is CCC(C)n1ncc(C(=O)O)c1-c1ccccc1. The minimum absolute atomic E-state index is 0.174. The Morgan fingerprint density at radius 2 is 2.06 bits per heavy atom. The van der Waals surface area contributed by atoms with Gasteiger partial charge in [-0.25, -0.2) is 4.79 Å². The summed E-state index contributed by atoms with van der Waals surface area (Å²) in [4.78, 5) is 11.3. The second kappa shape index (κ2) is 5.04. The Balaban J connectivity index is 2.61. The fourth-order valence-corrected chi connectivity index (χ4v) is 1.91. The molecule has 0 fully saturated rings. The summed E-state index contributed by atoms with van der Waals surface area (Å²) in [6.07, 6.45) is 2.33. The molecule has 94 valence electrons. The number of carboxylic acids is 1. The third-order valence-electron chi connectivity index (χ3n) is 3.08. The van der Waals surface area contributed by atoms with Gasteiger partial charge < -0.3 is 5.11 Å². The van der Waals surface area contributed by atoms with E-state index in [2.05, 4.69) is 12.0 Å². The molecule has 0 spiro atoms. The van der Waals surface area contributed by atoms with Gasteiger partial charge in [-0.05, 0) is 13.3 Å². The van der Waals surface area contributed by atoms with Gasteiger partial charge in [0.15, 0.2) is 0 Å². The first kappa shape index (κ1) is 12.4. The second-order valence-electron chi connectivity index (χ2n) is 4.28. The zero-order chi connectivity index (χ0) is 13.1. The Morgan fingerprint density at radius 1 is 1.39 bits per heavy atom. The Bertz CT molecular complexity index is 546. The van der Waals surface area contributed by atoms with Crippen molar-refractivity contribution in [2.24, 2.45) is 0 Å². The van der Waals surface area contributed by atoms with Gasteiger partial charge in [-0.1, -0.05) is 37.3 Å². The average Bonchev–Trinajstić information content (AvgIpc) is 2.83. The molecule has 0 saturated carbocycles. The predicted octanol–water partition coefficient (Wildman–Crippen LogP) is 3.22. The van der Waals surface area contributed by atoms with Gasteiger partial charge in [0.2, 0.25) is 0 Å². The van der Waals surface area contributed by atoms with Crippen LogP contribution in [0.2, 0.25) is 0 Å². The third kappa shape index (κ3) is 2.14. The Hall–Kier alpha value is -2.10. The molecule has 1 aromatic carbocycles. The topological polar surface area (TPSA) is 55.1 Å². The van der Waals surface area contributed by atoms with Crippen LogP contribution >= 0.6 is 0 Å². The molecule has 18 heavy (non-hydrogen) atoms. The van der Waals surface area contributed by atoms with Gasteiger partial charge in [0.25, 0.3) is 0 Å². The smallest absolute Gasteiger partial charge is 0.339 e. The van der Waals surface area contributed by atoms with E-state index < -0.39 is 5.97 Å². The highest BCUT2D eigenvalue weighted by Gasteiger charge is 2.20. The molecule has 2 aromatic rings. The molecule has 0 aliphatic rings. The van der Waals surface area contributed by atoms with Crippen LogP contribution in [-0.2, 0) is 0 Å². The highest BCUT2D eigenvalue weighted by molar-refractivity contribution is 5.94. The number of carboxylic acid groups (broad SMARTS) is 1. The number of benzene rings is 1. The first-order valence-electron chi connectivity index (χ1n) is 6.01. The van der Waals surface area contributed by atoms with Gasteiger partial charge in [0.1, 0.15) is 5.56 Å². The van der Waals surface area contributed by atoms with Crippen molar-refractivity contribution in [2.75, 3.05) is 0 Å². The molecule has 0 amide bonds. The lowest BCUT2D eigenvalue weighted by atomic mass is 10.1. The van der Waals surface area contributed by atoms with E-state index >= 15 is 0 Å². The number of hydrogen-bond acceptors (Lipinski definition) is 2. The Kier molecular flexibility index (Phi) is 3.46. The van der Waals surface area contributed by atoms with Gasteiger partial charge in [-0.2, -0.15) is 5.10 Å². The summed E-state index contributed by atoms with van der Waals surface area (Å²) in [5.41, 5.74) is 1.81. The van der Waals surface area contributed by atoms with Gasteiger partial charge in [-0.3, -0.25) is 4.68 Å². The molecule has 1 heterocycles. The van der Waals surface area contributed by atoms with Crippen molar-refractivity contribution < 1.29 is 9.90 Å². The van der Waals surface area contributed by atoms with Gasteiger partial charge in [0, 0.05) is 11.6 Å². The maximum Gasteiger partial charge on any atom is 0.339 e. The van der Waals surface area contributed by atoms with Crippen LogP contribution in [0, 0.1) is 0 Å². The van der Waals surface area contributed by atoms with Crippen molar-refractivity contribution >= 4 is 5.97 Å². The molecule has 2 rings (SSSR count). The van der Waals surface area contributed by atoms with E-state index in [1.165, 1.54) is 6.20 Å². The standard InChI is InChI=1S/C14H16N2O2/c1-3-10(2)16-13(11-7-5-4-6-8-11)12(9-15-16)14(17)18/h4-10H,3H2,1-2H3,(H,17,18). The molecule has 0 bridgehead atoms. The van der Waals surface area contributed by atoms with E-state index in [0.717, 1.165) is 12.0 Å². The third-order valence-corrected chi connectivity index (χ3v) is 3.08. The normalized spacial score (nSPS) is 12.3. The molecule has 0 saturated heterocycles. The van der Waals surface area contributed by atoms with Crippen molar-refractivity contribution in [2.45, 2.75) is 26.3 Å². The van der Waals surface area contributed by atoms with Crippen LogP contribution in [0.3, 0.4) is 0 Å². The number of hydrogen-bond donors (Lipinski definition) is 1. The molecule has 4 nitrogen and oxygen atoms in total. The minimum Gasteiger partial charge on any atom is -0.478 e. The van der Waals surface area contributed by atoms with Crippen molar-refractivity contribution in [1.29, 1.82) is 0 Å². The van der Waals surface area contributed by atoms with Crippen LogP contribution in [0.1, 0.15) is 36.7 Å². The minimum atomic E-state index is -0.941. The first-order chi connectivity index (χ1) is 8.65. The summed E-state index contributed by atoms with van der Waals surface area (Å²) in [6, 6.07) is 9.69. The van der Waals surface area contributed by atoms with Crippen LogP contribution in [0.25, 0.3) is 11.3 Å². The first-order valence-corrected chi connectivity index (χ1v) is 6.01. The quantitative estimate of drug-likeness (QED) is 0.898. The summed E-state index contributed by atoms with van der Waals surface area (Å²) < 4.78 is 1.79. The largest absolute Gasteiger partial charge is 0.478 e. The van der Waals surface area contributed by atoms with Gasteiger partial charge in [0.05, 0.1) is 11.9 Å². The van der Waals surface area contributed by atoms with Gasteiger partial charge in [-0.15, -0.1) is 0 Å². The molecule has 0 aliphatic heterocycles. The second-order valence-corrected chi connectivity index (χ2v) is 4.28. The van der Waals surface area contributed by atoms with Crippen LogP contribution in [0.4, 0.5) is 0 Å².